The van der Waals surface area contributed by atoms with E-state index in [1.54, 1.807) is 24.3 Å². The van der Waals surface area contributed by atoms with Gasteiger partial charge in [0.15, 0.2) is 0 Å². The Labute approximate surface area is 275 Å². The smallest absolute Gasteiger partial charge is 0.317 e. The molecular weight excluding hydrogens is 608 g/mol. The van der Waals surface area contributed by atoms with Gasteiger partial charge >= 0.3 is 6.03 Å². The number of sulfonamides is 1. The molecule has 1 aliphatic carbocycles. The van der Waals surface area contributed by atoms with E-state index in [9.17, 15) is 13.2 Å². The topological polar surface area (TPSA) is 91.0 Å². The monoisotopic (exact) mass is 654 g/mol. The number of carbonyl (C=O) groups excluding carboxylic acids is 1. The number of hydrogen-bond acceptors (Lipinski definition) is 5. The van der Waals surface area contributed by atoms with E-state index in [2.05, 4.69) is 39.2 Å². The third-order valence-electron chi connectivity index (χ3n) is 8.67. The van der Waals surface area contributed by atoms with E-state index in [-0.39, 0.29) is 24.5 Å². The zero-order valence-corrected chi connectivity index (χ0v) is 27.8. The lowest BCUT2D eigenvalue weighted by Gasteiger charge is -2.34. The van der Waals surface area contributed by atoms with Crippen molar-refractivity contribution in [3.63, 3.8) is 0 Å². The highest BCUT2D eigenvalue weighted by Crippen LogP contribution is 2.27. The summed E-state index contributed by atoms with van der Waals surface area (Å²) in [6.45, 7) is 4.21. The van der Waals surface area contributed by atoms with Crippen LogP contribution >= 0.6 is 12.4 Å². The van der Waals surface area contributed by atoms with Gasteiger partial charge in [0.05, 0.1) is 6.26 Å². The van der Waals surface area contributed by atoms with Crippen LogP contribution in [-0.4, -0.2) is 56.2 Å². The van der Waals surface area contributed by atoms with Gasteiger partial charge in [0.2, 0.25) is 10.0 Å². The molecule has 3 aromatic rings. The molecule has 0 unspecified atom stereocenters. The summed E-state index contributed by atoms with van der Waals surface area (Å²) in [5, 5.41) is 3.37. The van der Waals surface area contributed by atoms with Crippen molar-refractivity contribution < 1.29 is 17.9 Å². The molecule has 8 nitrogen and oxygen atoms in total. The number of carbonyl (C=O) groups is 1. The minimum atomic E-state index is -3.31. The van der Waals surface area contributed by atoms with Gasteiger partial charge in [-0.05, 0) is 72.7 Å². The average Bonchev–Trinajstić information content (AvgIpc) is 3.02. The second kappa shape index (κ2) is 16.9. The second-order valence-corrected chi connectivity index (χ2v) is 14.1. The Hall–Kier alpha value is -3.27. The Morgan fingerprint density at radius 3 is 2.09 bits per heavy atom. The van der Waals surface area contributed by atoms with E-state index in [0.717, 1.165) is 63.4 Å². The minimum Gasteiger partial charge on any atom is -0.457 e. The highest BCUT2D eigenvalue weighted by molar-refractivity contribution is 7.92. The highest BCUT2D eigenvalue weighted by atomic mass is 35.5. The molecule has 1 saturated heterocycles. The van der Waals surface area contributed by atoms with Crippen molar-refractivity contribution in [3.05, 3.63) is 90.0 Å². The Morgan fingerprint density at radius 2 is 1.47 bits per heavy atom. The molecule has 0 spiro atoms. The number of piperidine rings is 1. The molecule has 3 aromatic carbocycles. The van der Waals surface area contributed by atoms with Crippen molar-refractivity contribution >= 4 is 34.1 Å². The molecule has 1 heterocycles. The molecule has 10 heteroatoms. The van der Waals surface area contributed by atoms with E-state index in [1.165, 1.54) is 43.2 Å². The van der Waals surface area contributed by atoms with Gasteiger partial charge in [0.25, 0.3) is 0 Å². The summed E-state index contributed by atoms with van der Waals surface area (Å²) in [6.07, 6.45) is 10.7. The fourth-order valence-electron chi connectivity index (χ4n) is 6.23. The predicted molar refractivity (Wildman–Crippen MR) is 184 cm³/mol. The number of nitrogens with one attached hydrogen (secondary N) is 2. The molecule has 0 bridgehead atoms. The molecule has 2 amide bonds. The fraction of sp³-hybridized carbons (Fsp3) is 0.457. The lowest BCUT2D eigenvalue weighted by atomic mass is 9.87. The summed E-state index contributed by atoms with van der Waals surface area (Å²) in [5.74, 6) is 2.11. The van der Waals surface area contributed by atoms with Crippen LogP contribution in [0.1, 0.15) is 62.5 Å². The van der Waals surface area contributed by atoms with Crippen LogP contribution in [0.3, 0.4) is 0 Å². The number of likely N-dealkylation sites (tertiary alicyclic amines) is 1. The molecule has 0 atom stereocenters. The Kier molecular flexibility index (Phi) is 13.0. The largest absolute Gasteiger partial charge is 0.457 e. The van der Waals surface area contributed by atoms with Gasteiger partial charge in [0, 0.05) is 44.5 Å². The van der Waals surface area contributed by atoms with Gasteiger partial charge in [0.1, 0.15) is 11.5 Å². The van der Waals surface area contributed by atoms with Crippen molar-refractivity contribution in [1.82, 2.24) is 15.1 Å². The SMILES string of the molecule is CS(=O)(=O)Nc1ccc(Oc2ccc(CN3CCC(NC(=O)N(CCC4CCCCC4)Cc4ccccc4)CC3)cc2)cc1.Cl. The second-order valence-electron chi connectivity index (χ2n) is 12.3. The molecule has 2 N–H and O–H groups in total. The zero-order chi connectivity index (χ0) is 30.8. The maximum atomic E-state index is 13.5. The predicted octanol–water partition coefficient (Wildman–Crippen LogP) is 7.42. The first-order chi connectivity index (χ1) is 21.3. The van der Waals surface area contributed by atoms with Crippen LogP contribution in [0, 0.1) is 5.92 Å². The number of hydrogen-bond donors (Lipinski definition) is 2. The molecule has 1 aliphatic heterocycles. The van der Waals surface area contributed by atoms with E-state index in [1.807, 2.05) is 35.2 Å². The van der Waals surface area contributed by atoms with Crippen LogP contribution in [-0.2, 0) is 23.1 Å². The Balaban J connectivity index is 0.00000461. The van der Waals surface area contributed by atoms with Crippen molar-refractivity contribution in [3.8, 4) is 11.5 Å². The summed E-state index contributed by atoms with van der Waals surface area (Å²) >= 11 is 0. The van der Waals surface area contributed by atoms with Crippen molar-refractivity contribution in [2.45, 2.75) is 70.5 Å². The number of ether oxygens (including phenoxy) is 1. The minimum absolute atomic E-state index is 0. The van der Waals surface area contributed by atoms with E-state index < -0.39 is 10.0 Å². The van der Waals surface area contributed by atoms with Crippen LogP contribution in [0.2, 0.25) is 0 Å². The molecule has 2 fully saturated rings. The lowest BCUT2D eigenvalue weighted by molar-refractivity contribution is 0.163. The number of urea groups is 1. The zero-order valence-electron chi connectivity index (χ0n) is 26.2. The summed E-state index contributed by atoms with van der Waals surface area (Å²) < 4.78 is 31.2. The van der Waals surface area contributed by atoms with Gasteiger partial charge in [-0.2, -0.15) is 0 Å². The van der Waals surface area contributed by atoms with Crippen LogP contribution in [0.5, 0.6) is 11.5 Å². The van der Waals surface area contributed by atoms with E-state index >= 15 is 0 Å². The lowest BCUT2D eigenvalue weighted by Crippen LogP contribution is -2.49. The number of halogens is 1. The van der Waals surface area contributed by atoms with E-state index in [4.69, 9.17) is 4.74 Å². The maximum Gasteiger partial charge on any atom is 0.317 e. The molecule has 2 aliphatic rings. The number of amides is 2. The van der Waals surface area contributed by atoms with Crippen molar-refractivity contribution in [1.29, 1.82) is 0 Å². The number of nitrogens with zero attached hydrogens (tertiary/aromatic N) is 2. The summed E-state index contributed by atoms with van der Waals surface area (Å²) in [5.41, 5.74) is 2.89. The molecule has 5 rings (SSSR count). The Morgan fingerprint density at radius 1 is 0.844 bits per heavy atom. The maximum absolute atomic E-state index is 13.5. The molecule has 244 valence electrons. The fourth-order valence-corrected chi connectivity index (χ4v) is 6.80. The number of anilines is 1. The normalized spacial score (nSPS) is 16.4. The van der Waals surface area contributed by atoms with Crippen LogP contribution in [0.4, 0.5) is 10.5 Å². The Bertz CT molecular complexity index is 1420. The third kappa shape index (κ3) is 11.6. The first-order valence-corrected chi connectivity index (χ1v) is 17.8. The summed E-state index contributed by atoms with van der Waals surface area (Å²) in [4.78, 5) is 17.9. The van der Waals surface area contributed by atoms with Gasteiger partial charge in [-0.3, -0.25) is 9.62 Å². The molecular formula is C35H47ClN4O4S. The first-order valence-electron chi connectivity index (χ1n) is 16.0. The number of rotatable bonds is 12. The van der Waals surface area contributed by atoms with Gasteiger partial charge in [-0.15, -0.1) is 12.4 Å². The van der Waals surface area contributed by atoms with Crippen LogP contribution in [0.15, 0.2) is 78.9 Å². The number of benzene rings is 3. The van der Waals surface area contributed by atoms with Crippen molar-refractivity contribution in [2.75, 3.05) is 30.6 Å². The third-order valence-corrected chi connectivity index (χ3v) is 9.28. The van der Waals surface area contributed by atoms with Crippen molar-refractivity contribution in [2.24, 2.45) is 5.92 Å². The first kappa shape index (κ1) is 34.6. The van der Waals surface area contributed by atoms with E-state index in [0.29, 0.717) is 18.0 Å². The summed E-state index contributed by atoms with van der Waals surface area (Å²) in [6, 6.07) is 25.5. The van der Waals surface area contributed by atoms with Gasteiger partial charge < -0.3 is 15.0 Å². The molecule has 0 aromatic heterocycles. The van der Waals surface area contributed by atoms with Crippen LogP contribution < -0.4 is 14.8 Å². The van der Waals surface area contributed by atoms with Gasteiger partial charge in [-0.25, -0.2) is 13.2 Å². The molecule has 0 radical (unpaired) electrons. The highest BCUT2D eigenvalue weighted by Gasteiger charge is 2.24. The van der Waals surface area contributed by atoms with Gasteiger partial charge in [-0.1, -0.05) is 74.6 Å². The van der Waals surface area contributed by atoms with Crippen LogP contribution in [0.25, 0.3) is 0 Å². The average molecular weight is 655 g/mol. The molecule has 1 saturated carbocycles. The quantitative estimate of drug-likeness (QED) is 0.212. The molecule has 45 heavy (non-hydrogen) atoms. The standard InChI is InChI=1S/C35H46N4O4S.ClH/c1-44(41,42)37-32-14-18-34(19-15-32)43-33-16-12-30(13-17-33)26-38-23-21-31(22-24-38)36-35(40)39(27-29-10-6-3-7-11-29)25-20-28-8-4-2-5-9-28;/h3,6-7,10-19,28,31,37H,2,4-5,8-9,20-27H2,1H3,(H,36,40);1H. The summed E-state index contributed by atoms with van der Waals surface area (Å²) in [7, 11) is -3.31.